The molecule has 1 heterocycles. The first kappa shape index (κ1) is 22.0. The molecule has 0 aromatic heterocycles. The fraction of sp³-hybridized carbons (Fsp3) is 0.550. The highest BCUT2D eigenvalue weighted by molar-refractivity contribution is 6.30. The number of halogens is 1. The predicted molar refractivity (Wildman–Crippen MR) is 114 cm³/mol. The van der Waals surface area contributed by atoms with Crippen LogP contribution in [0.25, 0.3) is 0 Å². The molecule has 1 fully saturated rings. The minimum absolute atomic E-state index is 0.0265. The van der Waals surface area contributed by atoms with Gasteiger partial charge in [0.2, 0.25) is 11.8 Å². The smallest absolute Gasteiger partial charge is 0.224 e. The minimum atomic E-state index is -0.0265. The average molecular weight is 408 g/mol. The molecule has 0 atom stereocenters. The van der Waals surface area contributed by atoms with Crippen LogP contribution >= 0.6 is 11.6 Å². The summed E-state index contributed by atoms with van der Waals surface area (Å²) in [6.45, 7) is 5.75. The number of nitrogens with one attached hydrogen (secondary N) is 3. The third-order valence-corrected chi connectivity index (χ3v) is 4.62. The molecule has 1 saturated heterocycles. The fourth-order valence-corrected chi connectivity index (χ4v) is 3.07. The Kier molecular flexibility index (Phi) is 9.62. The van der Waals surface area contributed by atoms with Gasteiger partial charge in [-0.25, -0.2) is 0 Å². The Morgan fingerprint density at radius 3 is 2.68 bits per heavy atom. The summed E-state index contributed by atoms with van der Waals surface area (Å²) in [5.41, 5.74) is 0.744. The van der Waals surface area contributed by atoms with E-state index >= 15 is 0 Å². The summed E-state index contributed by atoms with van der Waals surface area (Å²) in [6, 6.07) is 7.06. The Balaban J connectivity index is 1.62. The van der Waals surface area contributed by atoms with Gasteiger partial charge in [0.15, 0.2) is 5.96 Å². The number of nitrogens with zero attached hydrogens (tertiary/aromatic N) is 2. The van der Waals surface area contributed by atoms with E-state index in [0.29, 0.717) is 37.4 Å². The Morgan fingerprint density at radius 1 is 1.21 bits per heavy atom. The minimum Gasteiger partial charge on any atom is -0.357 e. The first-order valence-corrected chi connectivity index (χ1v) is 10.3. The maximum atomic E-state index is 12.0. The van der Waals surface area contributed by atoms with Crippen molar-refractivity contribution >= 4 is 35.1 Å². The highest BCUT2D eigenvalue weighted by atomic mass is 35.5. The Morgan fingerprint density at radius 2 is 2.00 bits per heavy atom. The first-order valence-electron chi connectivity index (χ1n) is 9.94. The highest BCUT2D eigenvalue weighted by Gasteiger charge is 2.18. The van der Waals surface area contributed by atoms with Gasteiger partial charge in [-0.2, -0.15) is 0 Å². The molecule has 1 aliphatic rings. The van der Waals surface area contributed by atoms with Gasteiger partial charge < -0.3 is 20.9 Å². The molecule has 1 aliphatic heterocycles. The maximum Gasteiger partial charge on any atom is 0.224 e. The van der Waals surface area contributed by atoms with Crippen molar-refractivity contribution in [3.05, 3.63) is 29.3 Å². The van der Waals surface area contributed by atoms with Crippen LogP contribution in [0.4, 0.5) is 5.69 Å². The Hall–Kier alpha value is -2.28. The lowest BCUT2D eigenvalue weighted by molar-refractivity contribution is -0.127. The normalized spacial score (nSPS) is 14.3. The Labute approximate surface area is 171 Å². The molecule has 28 heavy (non-hydrogen) atoms. The quantitative estimate of drug-likeness (QED) is 0.316. The van der Waals surface area contributed by atoms with Crippen LogP contribution in [0.5, 0.6) is 0 Å². The number of benzene rings is 1. The number of hydrogen-bond donors (Lipinski definition) is 3. The molecule has 3 N–H and O–H groups in total. The van der Waals surface area contributed by atoms with Crippen molar-refractivity contribution in [3.8, 4) is 0 Å². The standard InChI is InChI=1S/C20H30ClN5O2/c1-2-22-20(24-13-5-15-26-14-4-7-19(26)28)23-12-3-6-18(27)25-17-10-8-16(21)9-11-17/h8-11H,2-7,12-15H2,1H3,(H,25,27)(H2,22,23,24). The van der Waals surface area contributed by atoms with Crippen molar-refractivity contribution in [2.24, 2.45) is 4.99 Å². The molecular weight excluding hydrogens is 378 g/mol. The molecular formula is C20H30ClN5O2. The highest BCUT2D eigenvalue weighted by Crippen LogP contribution is 2.13. The number of guanidine groups is 1. The van der Waals surface area contributed by atoms with Crippen molar-refractivity contribution in [2.45, 2.75) is 39.0 Å². The van der Waals surface area contributed by atoms with Gasteiger partial charge >= 0.3 is 0 Å². The van der Waals surface area contributed by atoms with Gasteiger partial charge in [-0.1, -0.05) is 11.6 Å². The summed E-state index contributed by atoms with van der Waals surface area (Å²) in [5, 5.41) is 9.94. The number of carbonyl (C=O) groups excluding carboxylic acids is 2. The zero-order valence-electron chi connectivity index (χ0n) is 16.5. The van der Waals surface area contributed by atoms with Crippen LogP contribution in [0.1, 0.15) is 39.0 Å². The van der Waals surface area contributed by atoms with Crippen molar-refractivity contribution in [3.63, 3.8) is 0 Å². The van der Waals surface area contributed by atoms with E-state index < -0.39 is 0 Å². The van der Waals surface area contributed by atoms with E-state index in [1.807, 2.05) is 11.8 Å². The van der Waals surface area contributed by atoms with Crippen LogP contribution in [-0.2, 0) is 9.59 Å². The van der Waals surface area contributed by atoms with E-state index in [1.165, 1.54) is 0 Å². The van der Waals surface area contributed by atoms with E-state index in [0.717, 1.165) is 44.1 Å². The monoisotopic (exact) mass is 407 g/mol. The second-order valence-corrected chi connectivity index (χ2v) is 7.12. The molecule has 2 amide bonds. The molecule has 1 aromatic rings. The summed E-state index contributed by atoms with van der Waals surface area (Å²) >= 11 is 5.84. The number of anilines is 1. The average Bonchev–Trinajstić information content (AvgIpc) is 3.09. The molecule has 2 rings (SSSR count). The molecule has 154 valence electrons. The fourth-order valence-electron chi connectivity index (χ4n) is 2.95. The summed E-state index contributed by atoms with van der Waals surface area (Å²) in [6.07, 6.45) is 3.63. The second kappa shape index (κ2) is 12.2. The van der Waals surface area contributed by atoms with E-state index in [-0.39, 0.29) is 11.8 Å². The van der Waals surface area contributed by atoms with Crippen molar-refractivity contribution in [1.29, 1.82) is 0 Å². The number of hydrogen-bond acceptors (Lipinski definition) is 3. The van der Waals surface area contributed by atoms with E-state index in [2.05, 4.69) is 20.9 Å². The Bertz CT molecular complexity index is 663. The van der Waals surface area contributed by atoms with Crippen LogP contribution < -0.4 is 16.0 Å². The van der Waals surface area contributed by atoms with Gasteiger partial charge in [-0.3, -0.25) is 14.6 Å². The van der Waals surface area contributed by atoms with Crippen molar-refractivity contribution < 1.29 is 9.59 Å². The maximum absolute atomic E-state index is 12.0. The van der Waals surface area contributed by atoms with Crippen LogP contribution in [0.3, 0.4) is 0 Å². The predicted octanol–water partition coefficient (Wildman–Crippen LogP) is 2.63. The van der Waals surface area contributed by atoms with Crippen LogP contribution in [-0.4, -0.2) is 55.4 Å². The van der Waals surface area contributed by atoms with E-state index in [9.17, 15) is 9.59 Å². The molecule has 1 aromatic carbocycles. The van der Waals surface area contributed by atoms with Gasteiger partial charge in [-0.05, 0) is 50.5 Å². The van der Waals surface area contributed by atoms with E-state index in [4.69, 9.17) is 11.6 Å². The van der Waals surface area contributed by atoms with Crippen LogP contribution in [0.2, 0.25) is 5.02 Å². The van der Waals surface area contributed by atoms with Gasteiger partial charge in [0.05, 0.1) is 0 Å². The number of likely N-dealkylation sites (tertiary alicyclic amines) is 1. The third kappa shape index (κ3) is 8.17. The number of aliphatic imine (C=N–C) groups is 1. The lowest BCUT2D eigenvalue weighted by atomic mass is 10.2. The zero-order valence-corrected chi connectivity index (χ0v) is 17.2. The number of carbonyl (C=O) groups is 2. The third-order valence-electron chi connectivity index (χ3n) is 4.37. The molecule has 8 heteroatoms. The van der Waals surface area contributed by atoms with Gasteiger partial charge in [-0.15, -0.1) is 0 Å². The van der Waals surface area contributed by atoms with Gasteiger partial charge in [0, 0.05) is 56.3 Å². The topological polar surface area (TPSA) is 85.8 Å². The summed E-state index contributed by atoms with van der Waals surface area (Å²) in [4.78, 5) is 30.0. The van der Waals surface area contributed by atoms with Gasteiger partial charge in [0.25, 0.3) is 0 Å². The molecule has 0 radical (unpaired) electrons. The molecule has 0 saturated carbocycles. The molecule has 7 nitrogen and oxygen atoms in total. The summed E-state index contributed by atoms with van der Waals surface area (Å²) < 4.78 is 0. The van der Waals surface area contributed by atoms with Crippen molar-refractivity contribution in [1.82, 2.24) is 15.5 Å². The molecule has 0 bridgehead atoms. The second-order valence-electron chi connectivity index (χ2n) is 6.68. The SMILES string of the molecule is CCNC(=NCCCN1CCCC1=O)NCCCC(=O)Nc1ccc(Cl)cc1. The molecule has 0 aliphatic carbocycles. The largest absolute Gasteiger partial charge is 0.357 e. The number of amides is 2. The summed E-state index contributed by atoms with van der Waals surface area (Å²) in [5.74, 6) is 0.973. The lowest BCUT2D eigenvalue weighted by Crippen LogP contribution is -2.38. The zero-order chi connectivity index (χ0) is 20.2. The summed E-state index contributed by atoms with van der Waals surface area (Å²) in [7, 11) is 0. The van der Waals surface area contributed by atoms with Crippen LogP contribution in [0, 0.1) is 0 Å². The number of rotatable bonds is 10. The van der Waals surface area contributed by atoms with Gasteiger partial charge in [0.1, 0.15) is 0 Å². The van der Waals surface area contributed by atoms with E-state index in [1.54, 1.807) is 24.3 Å². The lowest BCUT2D eigenvalue weighted by Gasteiger charge is -2.15. The van der Waals surface area contributed by atoms with Crippen molar-refractivity contribution in [2.75, 3.05) is 38.0 Å². The molecule has 0 spiro atoms. The van der Waals surface area contributed by atoms with Crippen LogP contribution in [0.15, 0.2) is 29.3 Å². The molecule has 0 unspecified atom stereocenters. The first-order chi connectivity index (χ1) is 13.6.